The number of aromatic nitrogens is 2. The van der Waals surface area contributed by atoms with Gasteiger partial charge in [-0.15, -0.1) is 0 Å². The first kappa shape index (κ1) is 9.84. The van der Waals surface area contributed by atoms with Gasteiger partial charge in [0.25, 0.3) is 0 Å². The molecule has 0 saturated carbocycles. The van der Waals surface area contributed by atoms with Crippen molar-refractivity contribution >= 4 is 5.78 Å². The largest absolute Gasteiger partial charge is 0.291 e. The molecular formula is C10H14N2O. The van der Waals surface area contributed by atoms with Crippen LogP contribution in [0.2, 0.25) is 0 Å². The molecular weight excluding hydrogens is 164 g/mol. The zero-order valence-corrected chi connectivity index (χ0v) is 8.03. The molecule has 0 aliphatic rings. The van der Waals surface area contributed by atoms with Crippen LogP contribution in [0.5, 0.6) is 0 Å². The van der Waals surface area contributed by atoms with Gasteiger partial charge in [0.2, 0.25) is 0 Å². The van der Waals surface area contributed by atoms with E-state index in [1.54, 1.807) is 18.5 Å². The SMILES string of the molecule is CC(C)CCC(=O)c1ncccn1. The van der Waals surface area contributed by atoms with E-state index >= 15 is 0 Å². The molecule has 0 aromatic carbocycles. The van der Waals surface area contributed by atoms with Crippen LogP contribution in [0, 0.1) is 5.92 Å². The summed E-state index contributed by atoms with van der Waals surface area (Å²) in [4.78, 5) is 19.2. The summed E-state index contributed by atoms with van der Waals surface area (Å²) in [6.07, 6.45) is 4.63. The third-order valence-electron chi connectivity index (χ3n) is 1.76. The van der Waals surface area contributed by atoms with E-state index in [4.69, 9.17) is 0 Å². The second-order valence-electron chi connectivity index (χ2n) is 3.43. The maximum atomic E-state index is 11.4. The Balaban J connectivity index is 2.50. The van der Waals surface area contributed by atoms with E-state index in [1.165, 1.54) is 0 Å². The van der Waals surface area contributed by atoms with Gasteiger partial charge >= 0.3 is 0 Å². The van der Waals surface area contributed by atoms with Crippen LogP contribution in [0.15, 0.2) is 18.5 Å². The second-order valence-corrected chi connectivity index (χ2v) is 3.43. The van der Waals surface area contributed by atoms with E-state index in [0.29, 0.717) is 18.2 Å². The maximum Gasteiger partial charge on any atom is 0.200 e. The summed E-state index contributed by atoms with van der Waals surface area (Å²) < 4.78 is 0. The van der Waals surface area contributed by atoms with Gasteiger partial charge < -0.3 is 0 Å². The van der Waals surface area contributed by atoms with Crippen molar-refractivity contribution in [3.05, 3.63) is 24.3 Å². The fourth-order valence-electron chi connectivity index (χ4n) is 0.975. The van der Waals surface area contributed by atoms with Crippen LogP contribution in [0.3, 0.4) is 0 Å². The summed E-state index contributed by atoms with van der Waals surface area (Å²) in [6, 6.07) is 1.71. The Morgan fingerprint density at radius 3 is 2.54 bits per heavy atom. The number of hydrogen-bond acceptors (Lipinski definition) is 3. The summed E-state index contributed by atoms with van der Waals surface area (Å²) in [5.74, 6) is 0.921. The smallest absolute Gasteiger partial charge is 0.200 e. The average Bonchev–Trinajstić information content (AvgIpc) is 2.15. The van der Waals surface area contributed by atoms with Crippen LogP contribution in [0.1, 0.15) is 37.3 Å². The highest BCUT2D eigenvalue weighted by Crippen LogP contribution is 2.06. The van der Waals surface area contributed by atoms with Gasteiger partial charge in [0.1, 0.15) is 0 Å². The van der Waals surface area contributed by atoms with Gasteiger partial charge in [-0.3, -0.25) is 4.79 Å². The maximum absolute atomic E-state index is 11.4. The Bertz CT molecular complexity index is 270. The molecule has 1 heterocycles. The van der Waals surface area contributed by atoms with E-state index < -0.39 is 0 Å². The second kappa shape index (κ2) is 4.70. The normalized spacial score (nSPS) is 10.4. The van der Waals surface area contributed by atoms with Gasteiger partial charge in [-0.25, -0.2) is 9.97 Å². The molecule has 3 nitrogen and oxygen atoms in total. The molecule has 0 atom stereocenters. The Labute approximate surface area is 78.2 Å². The Hall–Kier alpha value is -1.25. The zero-order chi connectivity index (χ0) is 9.68. The number of rotatable bonds is 4. The standard InChI is InChI=1S/C10H14N2O/c1-8(2)4-5-9(13)10-11-6-3-7-12-10/h3,6-8H,4-5H2,1-2H3. The van der Waals surface area contributed by atoms with Gasteiger partial charge in [0.05, 0.1) is 0 Å². The van der Waals surface area contributed by atoms with Crippen LogP contribution < -0.4 is 0 Å². The lowest BCUT2D eigenvalue weighted by atomic mass is 10.1. The van der Waals surface area contributed by atoms with Crippen molar-refractivity contribution in [1.82, 2.24) is 9.97 Å². The molecule has 0 spiro atoms. The molecule has 0 aliphatic carbocycles. The van der Waals surface area contributed by atoms with Gasteiger partial charge in [0, 0.05) is 18.8 Å². The number of ketones is 1. The number of hydrogen-bond donors (Lipinski definition) is 0. The van der Waals surface area contributed by atoms with E-state index in [9.17, 15) is 4.79 Å². The zero-order valence-electron chi connectivity index (χ0n) is 8.03. The number of carbonyl (C=O) groups excluding carboxylic acids is 1. The van der Waals surface area contributed by atoms with Gasteiger partial charge in [0.15, 0.2) is 11.6 Å². The fraction of sp³-hybridized carbons (Fsp3) is 0.500. The Kier molecular flexibility index (Phi) is 3.55. The molecule has 1 aromatic heterocycles. The lowest BCUT2D eigenvalue weighted by Crippen LogP contribution is -2.05. The van der Waals surface area contributed by atoms with E-state index in [1.807, 2.05) is 0 Å². The molecule has 0 amide bonds. The van der Waals surface area contributed by atoms with Crippen LogP contribution in [-0.2, 0) is 0 Å². The van der Waals surface area contributed by atoms with Crippen molar-refractivity contribution < 1.29 is 4.79 Å². The topological polar surface area (TPSA) is 42.9 Å². The molecule has 0 fully saturated rings. The fourth-order valence-corrected chi connectivity index (χ4v) is 0.975. The molecule has 0 aliphatic heterocycles. The van der Waals surface area contributed by atoms with Crippen molar-refractivity contribution in [2.75, 3.05) is 0 Å². The van der Waals surface area contributed by atoms with Gasteiger partial charge in [-0.2, -0.15) is 0 Å². The van der Waals surface area contributed by atoms with Crippen molar-refractivity contribution in [1.29, 1.82) is 0 Å². The Morgan fingerprint density at radius 1 is 1.38 bits per heavy atom. The summed E-state index contributed by atoms with van der Waals surface area (Å²) in [7, 11) is 0. The summed E-state index contributed by atoms with van der Waals surface area (Å²) in [6.45, 7) is 4.19. The highest BCUT2D eigenvalue weighted by Gasteiger charge is 2.08. The first-order valence-electron chi connectivity index (χ1n) is 4.50. The summed E-state index contributed by atoms with van der Waals surface area (Å²) in [5.41, 5.74) is 0. The molecule has 3 heteroatoms. The molecule has 0 radical (unpaired) electrons. The molecule has 1 rings (SSSR count). The van der Waals surface area contributed by atoms with Crippen molar-refractivity contribution in [3.63, 3.8) is 0 Å². The summed E-state index contributed by atoms with van der Waals surface area (Å²) in [5, 5.41) is 0. The monoisotopic (exact) mass is 178 g/mol. The minimum Gasteiger partial charge on any atom is -0.291 e. The summed E-state index contributed by atoms with van der Waals surface area (Å²) >= 11 is 0. The third-order valence-corrected chi connectivity index (χ3v) is 1.76. The molecule has 1 aromatic rings. The molecule has 0 bridgehead atoms. The minimum atomic E-state index is 0.0364. The number of carbonyl (C=O) groups is 1. The predicted octanol–water partition coefficient (Wildman–Crippen LogP) is 2.10. The van der Waals surface area contributed by atoms with Crippen molar-refractivity contribution in [3.8, 4) is 0 Å². The first-order chi connectivity index (χ1) is 6.20. The van der Waals surface area contributed by atoms with Crippen molar-refractivity contribution in [2.24, 2.45) is 5.92 Å². The van der Waals surface area contributed by atoms with Gasteiger partial charge in [-0.05, 0) is 18.4 Å². The Morgan fingerprint density at radius 2 is 2.00 bits per heavy atom. The third kappa shape index (κ3) is 3.32. The van der Waals surface area contributed by atoms with E-state index in [-0.39, 0.29) is 5.78 Å². The predicted molar refractivity (Wildman–Crippen MR) is 50.4 cm³/mol. The van der Waals surface area contributed by atoms with Crippen LogP contribution in [0.25, 0.3) is 0 Å². The van der Waals surface area contributed by atoms with Crippen LogP contribution >= 0.6 is 0 Å². The highest BCUT2D eigenvalue weighted by atomic mass is 16.1. The molecule has 13 heavy (non-hydrogen) atoms. The lowest BCUT2D eigenvalue weighted by molar-refractivity contribution is 0.0965. The quantitative estimate of drug-likeness (QED) is 0.663. The molecule has 0 saturated heterocycles. The number of Topliss-reactive ketones (excluding diaryl/α,β-unsaturated/α-hetero) is 1. The molecule has 0 unspecified atom stereocenters. The van der Waals surface area contributed by atoms with E-state index in [2.05, 4.69) is 23.8 Å². The average molecular weight is 178 g/mol. The molecule has 0 N–H and O–H groups in total. The number of nitrogens with zero attached hydrogens (tertiary/aromatic N) is 2. The first-order valence-corrected chi connectivity index (χ1v) is 4.50. The van der Waals surface area contributed by atoms with Gasteiger partial charge in [-0.1, -0.05) is 13.8 Å². The lowest BCUT2D eigenvalue weighted by Gasteiger charge is -2.01. The minimum absolute atomic E-state index is 0.0364. The van der Waals surface area contributed by atoms with E-state index in [0.717, 1.165) is 6.42 Å². The van der Waals surface area contributed by atoms with Crippen LogP contribution in [-0.4, -0.2) is 15.8 Å². The van der Waals surface area contributed by atoms with Crippen molar-refractivity contribution in [2.45, 2.75) is 26.7 Å². The molecule has 70 valence electrons. The highest BCUT2D eigenvalue weighted by molar-refractivity contribution is 5.92. The van der Waals surface area contributed by atoms with Crippen LogP contribution in [0.4, 0.5) is 0 Å².